The molecule has 4 nitrogen and oxygen atoms in total. The highest BCUT2D eigenvalue weighted by Gasteiger charge is 2.33. The lowest BCUT2D eigenvalue weighted by molar-refractivity contribution is 0.0650. The number of carboxylic acids is 2. The number of benzene rings is 3. The molecule has 1 aliphatic rings. The van der Waals surface area contributed by atoms with Gasteiger partial charge in [-0.2, -0.15) is 0 Å². The maximum atomic E-state index is 11.9. The van der Waals surface area contributed by atoms with Gasteiger partial charge in [0.05, 0.1) is 11.1 Å². The summed E-state index contributed by atoms with van der Waals surface area (Å²) in [7, 11) is 0. The summed E-state index contributed by atoms with van der Waals surface area (Å²) in [6.07, 6.45) is 0. The van der Waals surface area contributed by atoms with Crippen molar-refractivity contribution >= 4 is 11.9 Å². The Morgan fingerprint density at radius 1 is 0.640 bits per heavy atom. The van der Waals surface area contributed by atoms with Crippen molar-refractivity contribution < 1.29 is 19.8 Å². The third-order valence-electron chi connectivity index (χ3n) is 4.69. The summed E-state index contributed by atoms with van der Waals surface area (Å²) >= 11 is 0. The minimum Gasteiger partial charge on any atom is -0.478 e. The zero-order valence-electron chi connectivity index (χ0n) is 13.1. The molecule has 0 saturated heterocycles. The lowest BCUT2D eigenvalue weighted by Crippen LogP contribution is -2.14. The van der Waals surface area contributed by atoms with E-state index in [9.17, 15) is 19.8 Å². The summed E-state index contributed by atoms with van der Waals surface area (Å²) in [5.41, 5.74) is 4.27. The SMILES string of the molecule is O=C(O)c1cccc(C2c3ccccc3-c3ccccc32)c1C(=O)O. The molecule has 4 rings (SSSR count). The van der Waals surface area contributed by atoms with Crippen LogP contribution in [0.3, 0.4) is 0 Å². The third kappa shape index (κ3) is 2.22. The van der Waals surface area contributed by atoms with Gasteiger partial charge in [-0.1, -0.05) is 60.7 Å². The fraction of sp³-hybridized carbons (Fsp3) is 0.0476. The van der Waals surface area contributed by atoms with Gasteiger partial charge < -0.3 is 10.2 Å². The predicted octanol–water partition coefficient (Wildman–Crippen LogP) is 4.24. The van der Waals surface area contributed by atoms with E-state index >= 15 is 0 Å². The zero-order chi connectivity index (χ0) is 17.6. The van der Waals surface area contributed by atoms with Crippen LogP contribution in [0.1, 0.15) is 43.3 Å². The van der Waals surface area contributed by atoms with Gasteiger partial charge in [0.1, 0.15) is 0 Å². The van der Waals surface area contributed by atoms with E-state index in [1.165, 1.54) is 6.07 Å². The Kier molecular flexibility index (Phi) is 3.39. The molecule has 0 atom stereocenters. The van der Waals surface area contributed by atoms with Crippen molar-refractivity contribution in [3.63, 3.8) is 0 Å². The van der Waals surface area contributed by atoms with Crippen LogP contribution in [-0.4, -0.2) is 22.2 Å². The number of hydrogen-bond donors (Lipinski definition) is 2. The summed E-state index contributed by atoms with van der Waals surface area (Å²) in [6, 6.07) is 20.3. The lowest BCUT2D eigenvalue weighted by atomic mass is 9.84. The Hall–Kier alpha value is -3.40. The number of fused-ring (bicyclic) bond motifs is 3. The standard InChI is InChI=1S/C21H14O4/c22-20(23)17-11-5-10-16(19(17)21(24)25)18-14-8-3-1-6-12(14)13-7-2-4-9-15(13)18/h1-11,18H,(H,22,23)(H,24,25). The highest BCUT2D eigenvalue weighted by Crippen LogP contribution is 2.48. The molecule has 0 spiro atoms. The minimum absolute atomic E-state index is 0.147. The summed E-state index contributed by atoms with van der Waals surface area (Å²) < 4.78 is 0. The van der Waals surface area contributed by atoms with Crippen LogP contribution in [0.15, 0.2) is 66.7 Å². The number of carbonyl (C=O) groups is 2. The predicted molar refractivity (Wildman–Crippen MR) is 93.2 cm³/mol. The van der Waals surface area contributed by atoms with Crippen LogP contribution in [0.5, 0.6) is 0 Å². The number of rotatable bonds is 3. The monoisotopic (exact) mass is 330 g/mol. The van der Waals surface area contributed by atoms with Gasteiger partial charge in [0, 0.05) is 5.92 Å². The first-order valence-electron chi connectivity index (χ1n) is 7.87. The topological polar surface area (TPSA) is 74.6 Å². The van der Waals surface area contributed by atoms with E-state index in [4.69, 9.17) is 0 Å². The van der Waals surface area contributed by atoms with Crippen molar-refractivity contribution in [2.24, 2.45) is 0 Å². The van der Waals surface area contributed by atoms with Crippen molar-refractivity contribution in [1.29, 1.82) is 0 Å². The summed E-state index contributed by atoms with van der Waals surface area (Å²) in [4.78, 5) is 23.4. The Morgan fingerprint density at radius 2 is 1.16 bits per heavy atom. The van der Waals surface area contributed by atoms with E-state index in [1.54, 1.807) is 12.1 Å². The zero-order valence-corrected chi connectivity index (χ0v) is 13.1. The highest BCUT2D eigenvalue weighted by molar-refractivity contribution is 6.03. The van der Waals surface area contributed by atoms with Crippen molar-refractivity contribution in [1.82, 2.24) is 0 Å². The van der Waals surface area contributed by atoms with Gasteiger partial charge in [-0.25, -0.2) is 9.59 Å². The Labute approximate surface area is 144 Å². The van der Waals surface area contributed by atoms with E-state index < -0.39 is 11.9 Å². The maximum absolute atomic E-state index is 11.9. The highest BCUT2D eigenvalue weighted by atomic mass is 16.4. The molecule has 3 aromatic carbocycles. The molecule has 0 aliphatic heterocycles. The average Bonchev–Trinajstić information content (AvgIpc) is 2.95. The first kappa shape index (κ1) is 15.1. The van der Waals surface area contributed by atoms with Crippen LogP contribution in [0, 0.1) is 0 Å². The molecule has 25 heavy (non-hydrogen) atoms. The van der Waals surface area contributed by atoms with Crippen LogP contribution in [0.2, 0.25) is 0 Å². The average molecular weight is 330 g/mol. The largest absolute Gasteiger partial charge is 0.478 e. The third-order valence-corrected chi connectivity index (χ3v) is 4.69. The summed E-state index contributed by atoms with van der Waals surface area (Å²) in [5, 5.41) is 19.1. The molecular weight excluding hydrogens is 316 g/mol. The molecule has 0 heterocycles. The maximum Gasteiger partial charge on any atom is 0.336 e. The van der Waals surface area contributed by atoms with Gasteiger partial charge in [-0.15, -0.1) is 0 Å². The normalized spacial score (nSPS) is 12.5. The fourth-order valence-corrected chi connectivity index (χ4v) is 3.72. The van der Waals surface area contributed by atoms with Crippen molar-refractivity contribution in [3.8, 4) is 11.1 Å². The van der Waals surface area contributed by atoms with E-state index in [1.807, 2.05) is 48.5 Å². The van der Waals surface area contributed by atoms with Crippen LogP contribution in [-0.2, 0) is 0 Å². The van der Waals surface area contributed by atoms with Gasteiger partial charge >= 0.3 is 11.9 Å². The first-order chi connectivity index (χ1) is 12.1. The van der Waals surface area contributed by atoms with E-state index in [0.29, 0.717) is 5.56 Å². The molecule has 0 radical (unpaired) electrons. The van der Waals surface area contributed by atoms with Gasteiger partial charge in [0.2, 0.25) is 0 Å². The molecule has 3 aromatic rings. The Balaban J connectivity index is 2.05. The molecule has 4 heteroatoms. The molecule has 0 bridgehead atoms. The van der Waals surface area contributed by atoms with Crippen LogP contribution in [0.4, 0.5) is 0 Å². The van der Waals surface area contributed by atoms with E-state index in [0.717, 1.165) is 22.3 Å². The molecule has 2 N–H and O–H groups in total. The Morgan fingerprint density at radius 3 is 1.68 bits per heavy atom. The summed E-state index contributed by atoms with van der Waals surface area (Å²) in [5.74, 6) is -2.76. The van der Waals surface area contributed by atoms with Crippen molar-refractivity contribution in [3.05, 3.63) is 94.5 Å². The molecule has 0 saturated carbocycles. The summed E-state index contributed by atoms with van der Waals surface area (Å²) in [6.45, 7) is 0. The number of carboxylic acid groups (broad SMARTS) is 2. The molecule has 122 valence electrons. The fourth-order valence-electron chi connectivity index (χ4n) is 3.72. The molecule has 0 fully saturated rings. The minimum atomic E-state index is -1.24. The number of aromatic carboxylic acids is 2. The van der Waals surface area contributed by atoms with Gasteiger partial charge in [0.25, 0.3) is 0 Å². The molecule has 0 aromatic heterocycles. The van der Waals surface area contributed by atoms with E-state index in [2.05, 4.69) is 0 Å². The molecular formula is C21H14O4. The quantitative estimate of drug-likeness (QED) is 0.589. The number of hydrogen-bond acceptors (Lipinski definition) is 2. The lowest BCUT2D eigenvalue weighted by Gasteiger charge is -2.18. The molecule has 0 unspecified atom stereocenters. The second kappa shape index (κ2) is 5.60. The van der Waals surface area contributed by atoms with Crippen LogP contribution < -0.4 is 0 Å². The van der Waals surface area contributed by atoms with Crippen LogP contribution in [0.25, 0.3) is 11.1 Å². The first-order valence-corrected chi connectivity index (χ1v) is 7.87. The van der Waals surface area contributed by atoms with Crippen LogP contribution >= 0.6 is 0 Å². The molecule has 0 amide bonds. The van der Waals surface area contributed by atoms with Gasteiger partial charge in [-0.05, 0) is 33.9 Å². The smallest absolute Gasteiger partial charge is 0.336 e. The van der Waals surface area contributed by atoms with E-state index in [-0.39, 0.29) is 17.0 Å². The Bertz CT molecular complexity index is 974. The molecule has 1 aliphatic carbocycles. The van der Waals surface area contributed by atoms with Crippen molar-refractivity contribution in [2.75, 3.05) is 0 Å². The van der Waals surface area contributed by atoms with Gasteiger partial charge in [-0.3, -0.25) is 0 Å². The second-order valence-corrected chi connectivity index (χ2v) is 5.99. The second-order valence-electron chi connectivity index (χ2n) is 5.99. The van der Waals surface area contributed by atoms with Crippen molar-refractivity contribution in [2.45, 2.75) is 5.92 Å². The van der Waals surface area contributed by atoms with Gasteiger partial charge in [0.15, 0.2) is 0 Å².